The van der Waals surface area contributed by atoms with Gasteiger partial charge < -0.3 is 4.74 Å². The van der Waals surface area contributed by atoms with Gasteiger partial charge in [-0.1, -0.05) is 34.2 Å². The first-order valence-corrected chi connectivity index (χ1v) is 6.34. The monoisotopic (exact) mass is 273 g/mol. The zero-order valence-electron chi connectivity index (χ0n) is 9.58. The van der Waals surface area contributed by atoms with Crippen molar-refractivity contribution in [2.24, 2.45) is 0 Å². The van der Waals surface area contributed by atoms with E-state index in [-0.39, 0.29) is 0 Å². The van der Waals surface area contributed by atoms with E-state index in [1.807, 2.05) is 13.0 Å². The second kappa shape index (κ2) is 7.20. The Bertz CT molecular complexity index is 238. The smallest absolute Gasteiger partial charge is 0.0674 e. The summed E-state index contributed by atoms with van der Waals surface area (Å²) in [5.74, 6) is 0. The average Bonchev–Trinajstić information content (AvgIpc) is 2.24. The number of morpholine rings is 1. The molecule has 0 aromatic rings. The highest BCUT2D eigenvalue weighted by molar-refractivity contribution is 9.11. The predicted octanol–water partition coefficient (Wildman–Crippen LogP) is 2.95. The maximum absolute atomic E-state index is 5.49. The molecule has 1 rings (SSSR count). The van der Waals surface area contributed by atoms with Crippen molar-refractivity contribution in [3.05, 3.63) is 22.7 Å². The van der Waals surface area contributed by atoms with E-state index in [9.17, 15) is 0 Å². The van der Waals surface area contributed by atoms with Gasteiger partial charge in [-0.3, -0.25) is 4.90 Å². The number of hydrogen-bond donors (Lipinski definition) is 0. The number of rotatable bonds is 4. The third-order valence-electron chi connectivity index (χ3n) is 2.49. The van der Waals surface area contributed by atoms with Gasteiger partial charge in [0.2, 0.25) is 0 Å². The van der Waals surface area contributed by atoms with Crippen LogP contribution < -0.4 is 0 Å². The lowest BCUT2D eigenvalue weighted by Gasteiger charge is -2.30. The summed E-state index contributed by atoms with van der Waals surface area (Å²) in [5, 5.41) is 0. The van der Waals surface area contributed by atoms with Crippen LogP contribution >= 0.6 is 15.9 Å². The SMILES string of the molecule is C/C=C(Br)\C=C/CCN1CCOC(C)C1. The first kappa shape index (κ1) is 12.9. The summed E-state index contributed by atoms with van der Waals surface area (Å²) < 4.78 is 6.64. The summed E-state index contributed by atoms with van der Waals surface area (Å²) in [6, 6.07) is 0. The van der Waals surface area contributed by atoms with Crippen LogP contribution in [0.15, 0.2) is 22.7 Å². The lowest BCUT2D eigenvalue weighted by molar-refractivity contribution is -0.0175. The number of hydrogen-bond acceptors (Lipinski definition) is 2. The van der Waals surface area contributed by atoms with Gasteiger partial charge in [-0.05, 0) is 20.3 Å². The summed E-state index contributed by atoms with van der Waals surface area (Å²) in [6.07, 6.45) is 7.88. The first-order valence-electron chi connectivity index (χ1n) is 5.54. The largest absolute Gasteiger partial charge is 0.376 e. The fourth-order valence-corrected chi connectivity index (χ4v) is 1.83. The van der Waals surface area contributed by atoms with E-state index in [4.69, 9.17) is 4.74 Å². The van der Waals surface area contributed by atoms with Gasteiger partial charge in [0.05, 0.1) is 12.7 Å². The Morgan fingerprint density at radius 3 is 3.07 bits per heavy atom. The Balaban J connectivity index is 2.17. The molecule has 0 aromatic carbocycles. The predicted molar refractivity (Wildman–Crippen MR) is 68.3 cm³/mol. The number of halogens is 1. The van der Waals surface area contributed by atoms with E-state index < -0.39 is 0 Å². The third-order valence-corrected chi connectivity index (χ3v) is 3.21. The molecule has 0 aliphatic carbocycles. The molecule has 1 unspecified atom stereocenters. The van der Waals surface area contributed by atoms with Crippen LogP contribution in [-0.4, -0.2) is 37.2 Å². The molecule has 1 atom stereocenters. The normalized spacial score (nSPS) is 25.0. The third kappa shape index (κ3) is 5.50. The minimum absolute atomic E-state index is 0.394. The van der Waals surface area contributed by atoms with Crippen molar-refractivity contribution >= 4 is 15.9 Å². The van der Waals surface area contributed by atoms with Crippen molar-refractivity contribution in [3.8, 4) is 0 Å². The van der Waals surface area contributed by atoms with Gasteiger partial charge >= 0.3 is 0 Å². The van der Waals surface area contributed by atoms with E-state index in [1.54, 1.807) is 0 Å². The average molecular weight is 274 g/mol. The van der Waals surface area contributed by atoms with Gasteiger partial charge in [-0.25, -0.2) is 0 Å². The van der Waals surface area contributed by atoms with Crippen molar-refractivity contribution in [2.45, 2.75) is 26.4 Å². The molecular weight excluding hydrogens is 254 g/mol. The van der Waals surface area contributed by atoms with Crippen LogP contribution in [0.4, 0.5) is 0 Å². The fraction of sp³-hybridized carbons (Fsp3) is 0.667. The van der Waals surface area contributed by atoms with Gasteiger partial charge in [0.1, 0.15) is 0 Å². The second-order valence-electron chi connectivity index (χ2n) is 3.85. The molecule has 3 heteroatoms. The molecule has 1 aliphatic rings. The molecular formula is C12H20BrNO. The highest BCUT2D eigenvalue weighted by Crippen LogP contribution is 2.08. The quantitative estimate of drug-likeness (QED) is 0.731. The molecule has 86 valence electrons. The lowest BCUT2D eigenvalue weighted by Crippen LogP contribution is -2.41. The molecule has 0 N–H and O–H groups in total. The fourth-order valence-electron chi connectivity index (χ4n) is 1.64. The Hall–Kier alpha value is -0.120. The molecule has 0 bridgehead atoms. The zero-order valence-corrected chi connectivity index (χ0v) is 11.2. The summed E-state index contributed by atoms with van der Waals surface area (Å²) in [4.78, 5) is 2.46. The molecule has 0 radical (unpaired) electrons. The van der Waals surface area contributed by atoms with E-state index >= 15 is 0 Å². The van der Waals surface area contributed by atoms with Gasteiger partial charge in [0.15, 0.2) is 0 Å². The maximum atomic E-state index is 5.49. The molecule has 0 saturated carbocycles. The van der Waals surface area contributed by atoms with Crippen LogP contribution in [0.25, 0.3) is 0 Å². The molecule has 0 spiro atoms. The van der Waals surface area contributed by atoms with Crippen molar-refractivity contribution in [2.75, 3.05) is 26.2 Å². The first-order chi connectivity index (χ1) is 7.22. The van der Waals surface area contributed by atoms with Gasteiger partial charge in [-0.15, -0.1) is 0 Å². The van der Waals surface area contributed by atoms with Crippen molar-refractivity contribution in [1.82, 2.24) is 4.90 Å². The molecule has 2 nitrogen and oxygen atoms in total. The van der Waals surface area contributed by atoms with Crippen LogP contribution in [0.2, 0.25) is 0 Å². The van der Waals surface area contributed by atoms with E-state index in [1.165, 1.54) is 0 Å². The van der Waals surface area contributed by atoms with E-state index in [2.05, 4.69) is 39.9 Å². The summed E-state index contributed by atoms with van der Waals surface area (Å²) >= 11 is 3.45. The number of nitrogens with zero attached hydrogens (tertiary/aromatic N) is 1. The minimum Gasteiger partial charge on any atom is -0.376 e. The van der Waals surface area contributed by atoms with Crippen LogP contribution in [-0.2, 0) is 4.74 Å². The molecule has 15 heavy (non-hydrogen) atoms. The Kier molecular flexibility index (Phi) is 6.22. The van der Waals surface area contributed by atoms with Crippen molar-refractivity contribution in [1.29, 1.82) is 0 Å². The van der Waals surface area contributed by atoms with Crippen LogP contribution in [0.1, 0.15) is 20.3 Å². The minimum atomic E-state index is 0.394. The summed E-state index contributed by atoms with van der Waals surface area (Å²) in [5.41, 5.74) is 0. The zero-order chi connectivity index (χ0) is 11.1. The Labute approximate surface area is 101 Å². The van der Waals surface area contributed by atoms with Gasteiger partial charge in [-0.2, -0.15) is 0 Å². The summed E-state index contributed by atoms with van der Waals surface area (Å²) in [6.45, 7) is 8.32. The molecule has 1 fully saturated rings. The Morgan fingerprint density at radius 1 is 1.60 bits per heavy atom. The van der Waals surface area contributed by atoms with Crippen LogP contribution in [0.5, 0.6) is 0 Å². The molecule has 0 amide bonds. The molecule has 1 saturated heterocycles. The van der Waals surface area contributed by atoms with Gasteiger partial charge in [0.25, 0.3) is 0 Å². The molecule has 1 aliphatic heterocycles. The lowest BCUT2D eigenvalue weighted by atomic mass is 10.2. The van der Waals surface area contributed by atoms with Gasteiger partial charge in [0, 0.05) is 24.1 Å². The Morgan fingerprint density at radius 2 is 2.40 bits per heavy atom. The van der Waals surface area contributed by atoms with Crippen molar-refractivity contribution < 1.29 is 4.74 Å². The van der Waals surface area contributed by atoms with Crippen LogP contribution in [0.3, 0.4) is 0 Å². The van der Waals surface area contributed by atoms with E-state index in [0.717, 1.165) is 37.1 Å². The highest BCUT2D eigenvalue weighted by atomic mass is 79.9. The standard InChI is InChI=1S/C12H20BrNO/c1-3-12(13)6-4-5-7-14-8-9-15-11(2)10-14/h3-4,6,11H,5,7-10H2,1-2H3/b6-4-,12-3+. The second-order valence-corrected chi connectivity index (χ2v) is 4.76. The molecule has 1 heterocycles. The molecule has 0 aromatic heterocycles. The van der Waals surface area contributed by atoms with Crippen molar-refractivity contribution in [3.63, 3.8) is 0 Å². The topological polar surface area (TPSA) is 12.5 Å². The maximum Gasteiger partial charge on any atom is 0.0674 e. The summed E-state index contributed by atoms with van der Waals surface area (Å²) in [7, 11) is 0. The highest BCUT2D eigenvalue weighted by Gasteiger charge is 2.14. The van der Waals surface area contributed by atoms with E-state index in [0.29, 0.717) is 6.10 Å². The number of ether oxygens (including phenoxy) is 1. The van der Waals surface area contributed by atoms with Crippen LogP contribution in [0, 0.1) is 0 Å². The number of allylic oxidation sites excluding steroid dienone is 3.